The van der Waals surface area contributed by atoms with Crippen molar-refractivity contribution in [2.45, 2.75) is 13.8 Å². The summed E-state index contributed by atoms with van der Waals surface area (Å²) in [6.45, 7) is 4.10. The maximum Gasteiger partial charge on any atom is 0.469 e. The van der Waals surface area contributed by atoms with E-state index < -0.39 is 8.32 Å². The smallest absolute Gasteiger partial charge is 0.380 e. The first kappa shape index (κ1) is 12.1. The molecular weight excluding hydrogens is 188 g/mol. The van der Waals surface area contributed by atoms with Gasteiger partial charge in [0.15, 0.2) is 9.04 Å². The van der Waals surface area contributed by atoms with Crippen molar-refractivity contribution in [1.29, 1.82) is 0 Å². The topological polar surface area (TPSA) is 27.7 Å². The molecule has 3 nitrogen and oxygen atoms in total. The number of hydrogen-bond acceptors (Lipinski definition) is 3. The van der Waals surface area contributed by atoms with Gasteiger partial charge in [-0.1, -0.05) is 11.3 Å². The van der Waals surface area contributed by atoms with Crippen LogP contribution in [0.3, 0.4) is 0 Å². The molecule has 0 fully saturated rings. The molecule has 0 aromatic carbocycles. The molecule has 0 aliphatic heterocycles. The van der Waals surface area contributed by atoms with Crippen molar-refractivity contribution < 1.29 is 13.3 Å². The zero-order valence-corrected chi connectivity index (χ0v) is 10.3. The van der Waals surface area contributed by atoms with E-state index in [0.717, 1.165) is 0 Å². The Hall–Kier alpha value is 0.0538. The molecule has 0 saturated heterocycles. The highest BCUT2D eigenvalue weighted by molar-refractivity contribution is 7.16. The maximum absolute atomic E-state index is 5.25. The summed E-state index contributed by atoms with van der Waals surface area (Å²) in [7, 11) is 3.05. The molecule has 0 rings (SSSR count). The quantitative estimate of drug-likeness (QED) is 0.625. The van der Waals surface area contributed by atoms with Crippen molar-refractivity contribution in [3.63, 3.8) is 0 Å². The molecule has 0 spiro atoms. The lowest BCUT2D eigenvalue weighted by Crippen LogP contribution is -2.49. The van der Waals surface area contributed by atoms with E-state index in [2.05, 4.69) is 5.70 Å². The molecular formula is C7H16O3Si2. The van der Waals surface area contributed by atoms with Crippen LogP contribution in [-0.4, -0.2) is 38.7 Å². The van der Waals surface area contributed by atoms with Gasteiger partial charge < -0.3 is 13.3 Å². The van der Waals surface area contributed by atoms with Crippen LogP contribution in [0.5, 0.6) is 0 Å². The number of rotatable bonds is 5. The molecule has 0 aromatic rings. The Labute approximate surface area is 77.7 Å². The second kappa shape index (κ2) is 5.66. The van der Waals surface area contributed by atoms with Crippen LogP contribution in [0.4, 0.5) is 0 Å². The molecule has 0 unspecified atom stereocenters. The Morgan fingerprint density at radius 2 is 1.50 bits per heavy atom. The summed E-state index contributed by atoms with van der Waals surface area (Å²) in [6, 6.07) is 0. The van der Waals surface area contributed by atoms with Crippen LogP contribution in [0, 0.1) is 0 Å². The van der Waals surface area contributed by atoms with E-state index in [9.17, 15) is 0 Å². The Bertz CT molecular complexity index is 142. The SMILES string of the molecule is CO[Si](OC)(OC)[Si]C=C(C)C. The van der Waals surface area contributed by atoms with Gasteiger partial charge in [0.1, 0.15) is 0 Å². The second-order valence-corrected chi connectivity index (χ2v) is 8.15. The average Bonchev–Trinajstić information content (AvgIpc) is 2.08. The van der Waals surface area contributed by atoms with E-state index in [-0.39, 0.29) is 0 Å². The van der Waals surface area contributed by atoms with Crippen LogP contribution in [-0.2, 0) is 13.3 Å². The van der Waals surface area contributed by atoms with Crippen LogP contribution in [0.2, 0.25) is 0 Å². The average molecular weight is 204 g/mol. The lowest BCUT2D eigenvalue weighted by molar-refractivity contribution is 0.148. The largest absolute Gasteiger partial charge is 0.469 e. The van der Waals surface area contributed by atoms with E-state index >= 15 is 0 Å². The highest BCUT2D eigenvalue weighted by atomic mass is 29.2. The molecule has 0 aliphatic carbocycles. The fourth-order valence-electron chi connectivity index (χ4n) is 0.660. The first-order chi connectivity index (χ1) is 5.60. The third kappa shape index (κ3) is 3.64. The molecule has 0 amide bonds. The first-order valence-electron chi connectivity index (χ1n) is 3.66. The third-order valence-corrected chi connectivity index (χ3v) is 7.36. The molecule has 12 heavy (non-hydrogen) atoms. The minimum atomic E-state index is -2.33. The van der Waals surface area contributed by atoms with Crippen molar-refractivity contribution >= 4 is 17.4 Å². The van der Waals surface area contributed by atoms with Crippen LogP contribution < -0.4 is 0 Å². The predicted octanol–water partition coefficient (Wildman–Crippen LogP) is 0.989. The van der Waals surface area contributed by atoms with Gasteiger partial charge in [-0.05, 0) is 13.8 Å². The standard InChI is InChI=1S/C7H16O3Si2/c1-7(2)6-11-12(8-3,9-4)10-5/h6H,1-5H3. The Kier molecular flexibility index (Phi) is 5.68. The van der Waals surface area contributed by atoms with Gasteiger partial charge in [-0.3, -0.25) is 0 Å². The maximum atomic E-state index is 5.25. The fourth-order valence-corrected chi connectivity index (χ4v) is 4.44. The van der Waals surface area contributed by atoms with Gasteiger partial charge in [0.2, 0.25) is 0 Å². The summed E-state index contributed by atoms with van der Waals surface area (Å²) in [4.78, 5) is 0. The Morgan fingerprint density at radius 1 is 1.08 bits per heavy atom. The minimum absolute atomic E-state index is 0.484. The van der Waals surface area contributed by atoms with Crippen molar-refractivity contribution in [2.75, 3.05) is 21.3 Å². The predicted molar refractivity (Wildman–Crippen MR) is 52.0 cm³/mol. The van der Waals surface area contributed by atoms with Gasteiger partial charge in [0.05, 0.1) is 0 Å². The second-order valence-electron chi connectivity index (χ2n) is 2.53. The zero-order chi connectivity index (χ0) is 9.61. The summed E-state index contributed by atoms with van der Waals surface area (Å²) >= 11 is 0. The Balaban J connectivity index is 4.20. The lowest BCUT2D eigenvalue weighted by atomic mass is 10.4. The van der Waals surface area contributed by atoms with Gasteiger partial charge in [-0.2, -0.15) is 0 Å². The first-order valence-corrected chi connectivity index (χ1v) is 7.47. The normalized spacial score (nSPS) is 11.4. The molecule has 0 aromatic heterocycles. The Morgan fingerprint density at radius 3 is 1.75 bits per heavy atom. The zero-order valence-electron chi connectivity index (χ0n) is 8.30. The highest BCUT2D eigenvalue weighted by Crippen LogP contribution is 2.04. The van der Waals surface area contributed by atoms with Gasteiger partial charge in [-0.25, -0.2) is 0 Å². The van der Waals surface area contributed by atoms with E-state index in [1.54, 1.807) is 21.3 Å². The molecule has 0 heterocycles. The van der Waals surface area contributed by atoms with Crippen molar-refractivity contribution in [1.82, 2.24) is 0 Å². The van der Waals surface area contributed by atoms with Crippen molar-refractivity contribution in [2.24, 2.45) is 0 Å². The molecule has 0 N–H and O–H groups in total. The monoisotopic (exact) mass is 204 g/mol. The third-order valence-electron chi connectivity index (χ3n) is 1.34. The van der Waals surface area contributed by atoms with Gasteiger partial charge >= 0.3 is 8.32 Å². The van der Waals surface area contributed by atoms with Gasteiger partial charge in [0, 0.05) is 21.3 Å². The number of allylic oxidation sites excluding steroid dienone is 1. The van der Waals surface area contributed by atoms with Gasteiger partial charge in [0.25, 0.3) is 0 Å². The molecule has 0 aliphatic rings. The van der Waals surface area contributed by atoms with E-state index in [1.807, 2.05) is 13.8 Å². The van der Waals surface area contributed by atoms with Crippen LogP contribution in [0.1, 0.15) is 13.8 Å². The van der Waals surface area contributed by atoms with E-state index in [1.165, 1.54) is 5.57 Å². The summed E-state index contributed by atoms with van der Waals surface area (Å²) in [5.74, 6) is 0. The fraction of sp³-hybridized carbons (Fsp3) is 0.714. The van der Waals surface area contributed by atoms with Gasteiger partial charge in [-0.15, -0.1) is 0 Å². The summed E-state index contributed by atoms with van der Waals surface area (Å²) in [6.07, 6.45) is 0. The molecule has 2 radical (unpaired) electrons. The van der Waals surface area contributed by atoms with Crippen molar-refractivity contribution in [3.05, 3.63) is 11.3 Å². The molecule has 5 heteroatoms. The summed E-state index contributed by atoms with van der Waals surface area (Å²) < 4.78 is 15.7. The molecule has 0 atom stereocenters. The van der Waals surface area contributed by atoms with Crippen molar-refractivity contribution in [3.8, 4) is 0 Å². The lowest BCUT2D eigenvalue weighted by Gasteiger charge is -2.22. The number of hydrogen-bond donors (Lipinski definition) is 0. The van der Waals surface area contributed by atoms with Crippen LogP contribution >= 0.6 is 0 Å². The molecule has 0 bridgehead atoms. The molecule has 70 valence electrons. The summed E-state index contributed by atoms with van der Waals surface area (Å²) in [5.41, 5.74) is 3.36. The van der Waals surface area contributed by atoms with E-state index in [4.69, 9.17) is 13.3 Å². The van der Waals surface area contributed by atoms with E-state index in [0.29, 0.717) is 9.04 Å². The van der Waals surface area contributed by atoms with Crippen LogP contribution in [0.15, 0.2) is 11.3 Å². The minimum Gasteiger partial charge on any atom is -0.380 e. The van der Waals surface area contributed by atoms with Crippen LogP contribution in [0.25, 0.3) is 0 Å². The molecule has 0 saturated carbocycles. The summed E-state index contributed by atoms with van der Waals surface area (Å²) in [5, 5.41) is 0. The highest BCUT2D eigenvalue weighted by Gasteiger charge is 2.36.